The van der Waals surface area contributed by atoms with Crippen molar-refractivity contribution < 1.29 is 26.9 Å². The Morgan fingerprint density at radius 3 is 2.71 bits per heavy atom. The third-order valence-electron chi connectivity index (χ3n) is 6.58. The Bertz CT molecular complexity index is 1360. The molecule has 1 unspecified atom stereocenters. The zero-order valence-electron chi connectivity index (χ0n) is 19.5. The van der Waals surface area contributed by atoms with Crippen LogP contribution in [-0.4, -0.2) is 49.3 Å². The van der Waals surface area contributed by atoms with Crippen LogP contribution in [0.2, 0.25) is 0 Å². The fraction of sp³-hybridized carbons (Fsp3) is 0.375. The van der Waals surface area contributed by atoms with Gasteiger partial charge in [0.15, 0.2) is 5.76 Å². The molecule has 2 amide bonds. The lowest BCUT2D eigenvalue weighted by molar-refractivity contribution is -0.120. The third kappa shape index (κ3) is 4.25. The highest BCUT2D eigenvalue weighted by Crippen LogP contribution is 2.33. The van der Waals surface area contributed by atoms with E-state index in [9.17, 15) is 18.0 Å². The van der Waals surface area contributed by atoms with Crippen LogP contribution in [0.4, 0.5) is 11.4 Å². The highest BCUT2D eigenvalue weighted by Gasteiger charge is 2.36. The fourth-order valence-corrected chi connectivity index (χ4v) is 6.64. The number of benzene rings is 1. The Labute approximate surface area is 202 Å². The van der Waals surface area contributed by atoms with Crippen molar-refractivity contribution in [3.63, 3.8) is 0 Å². The molecular weight excluding hydrogens is 472 g/mol. The van der Waals surface area contributed by atoms with Crippen molar-refractivity contribution in [1.82, 2.24) is 9.46 Å². The molecule has 1 saturated heterocycles. The van der Waals surface area contributed by atoms with Gasteiger partial charge in [-0.3, -0.25) is 9.59 Å². The van der Waals surface area contributed by atoms with Crippen LogP contribution in [0.15, 0.2) is 50.6 Å². The van der Waals surface area contributed by atoms with E-state index in [1.165, 1.54) is 16.8 Å². The molecule has 0 spiro atoms. The number of hydrogen-bond donors (Lipinski definition) is 1. The lowest BCUT2D eigenvalue weighted by Gasteiger charge is -2.31. The van der Waals surface area contributed by atoms with E-state index in [1.807, 2.05) is 12.1 Å². The highest BCUT2D eigenvalue weighted by atomic mass is 32.2. The van der Waals surface area contributed by atoms with E-state index in [4.69, 9.17) is 8.94 Å². The molecule has 1 aromatic carbocycles. The van der Waals surface area contributed by atoms with Crippen LogP contribution in [0.5, 0.6) is 0 Å². The van der Waals surface area contributed by atoms with Crippen LogP contribution in [0.25, 0.3) is 0 Å². The molecule has 1 fully saturated rings. The van der Waals surface area contributed by atoms with E-state index >= 15 is 0 Å². The van der Waals surface area contributed by atoms with Crippen molar-refractivity contribution in [2.45, 2.75) is 38.0 Å². The van der Waals surface area contributed by atoms with Crippen LogP contribution >= 0.6 is 0 Å². The minimum atomic E-state index is -3.81. The highest BCUT2D eigenvalue weighted by molar-refractivity contribution is 7.89. The van der Waals surface area contributed by atoms with E-state index in [-0.39, 0.29) is 29.0 Å². The van der Waals surface area contributed by atoms with Gasteiger partial charge < -0.3 is 19.2 Å². The molecule has 11 heteroatoms. The number of hydrogen-bond acceptors (Lipinski definition) is 7. The van der Waals surface area contributed by atoms with Crippen molar-refractivity contribution in [2.75, 3.05) is 29.9 Å². The van der Waals surface area contributed by atoms with Gasteiger partial charge >= 0.3 is 0 Å². The molecule has 0 bridgehead atoms. The summed E-state index contributed by atoms with van der Waals surface area (Å²) in [4.78, 5) is 27.5. The molecule has 2 aromatic heterocycles. The van der Waals surface area contributed by atoms with Gasteiger partial charge in [0, 0.05) is 31.0 Å². The van der Waals surface area contributed by atoms with Gasteiger partial charge in [-0.1, -0.05) is 5.16 Å². The number of carbonyl (C=O) groups excluding carboxylic acids is 2. The summed E-state index contributed by atoms with van der Waals surface area (Å²) in [6.07, 6.45) is 4.74. The topological polar surface area (TPSA) is 126 Å². The lowest BCUT2D eigenvalue weighted by Crippen LogP contribution is -2.43. The summed E-state index contributed by atoms with van der Waals surface area (Å²) >= 11 is 0. The van der Waals surface area contributed by atoms with E-state index in [1.54, 1.807) is 30.9 Å². The van der Waals surface area contributed by atoms with E-state index in [0.717, 1.165) is 11.3 Å². The van der Waals surface area contributed by atoms with Crippen LogP contribution in [0.3, 0.4) is 0 Å². The number of nitrogens with zero attached hydrogens (tertiary/aromatic N) is 3. The Kier molecular flexibility index (Phi) is 5.97. The number of rotatable bonds is 5. The summed E-state index contributed by atoms with van der Waals surface area (Å²) < 4.78 is 37.7. The number of furan rings is 1. The molecular formula is C24H26N4O6S. The predicted molar refractivity (Wildman–Crippen MR) is 127 cm³/mol. The quantitative estimate of drug-likeness (QED) is 0.573. The van der Waals surface area contributed by atoms with Crippen LogP contribution in [0.1, 0.15) is 40.2 Å². The molecule has 2 aliphatic rings. The minimum Gasteiger partial charge on any atom is -0.472 e. The van der Waals surface area contributed by atoms with Crippen LogP contribution < -0.4 is 10.2 Å². The Morgan fingerprint density at radius 1 is 1.17 bits per heavy atom. The third-order valence-corrected chi connectivity index (χ3v) is 8.69. The molecule has 3 aromatic rings. The standard InChI is InChI=1S/C24H26N4O6S/c1-15-22(16(2)34-26-15)35(31,32)27-9-3-4-18(13-27)23(29)25-20-5-6-21-17(12-20)7-10-28(21)24(30)19-8-11-33-14-19/h5-6,8,11-12,14,18H,3-4,7,9-10,13H2,1-2H3,(H,25,29). The van der Waals surface area contributed by atoms with Gasteiger partial charge in [-0.15, -0.1) is 0 Å². The number of anilines is 2. The lowest BCUT2D eigenvalue weighted by atomic mass is 9.98. The number of aromatic nitrogens is 1. The van der Waals surface area contributed by atoms with Gasteiger partial charge in [-0.05, 0) is 62.9 Å². The summed E-state index contributed by atoms with van der Waals surface area (Å²) in [5.41, 5.74) is 3.20. The molecule has 1 atom stereocenters. The maximum atomic E-state index is 13.2. The zero-order chi connectivity index (χ0) is 24.7. The van der Waals surface area contributed by atoms with E-state index < -0.39 is 15.9 Å². The predicted octanol–water partition coefficient (Wildman–Crippen LogP) is 3.13. The monoisotopic (exact) mass is 498 g/mol. The molecule has 2 aliphatic heterocycles. The smallest absolute Gasteiger partial charge is 0.261 e. The summed E-state index contributed by atoms with van der Waals surface area (Å²) in [5, 5.41) is 6.69. The maximum absolute atomic E-state index is 13.2. The molecule has 0 radical (unpaired) electrons. The number of carbonyl (C=O) groups is 2. The Morgan fingerprint density at radius 2 is 2.00 bits per heavy atom. The maximum Gasteiger partial charge on any atom is 0.261 e. The van der Waals surface area contributed by atoms with Crippen molar-refractivity contribution in [2.24, 2.45) is 5.92 Å². The molecule has 5 rings (SSSR count). The first-order valence-electron chi connectivity index (χ1n) is 11.5. The SMILES string of the molecule is Cc1noc(C)c1S(=O)(=O)N1CCCC(C(=O)Nc2ccc3c(c2)CCN3C(=O)c2ccoc2)C1. The van der Waals surface area contributed by atoms with Gasteiger partial charge in [0.25, 0.3) is 5.91 Å². The number of fused-ring (bicyclic) bond motifs is 1. The average molecular weight is 499 g/mol. The van der Waals surface area contributed by atoms with Gasteiger partial charge in [0.05, 0.1) is 17.7 Å². The first-order chi connectivity index (χ1) is 16.8. The second kappa shape index (κ2) is 8.97. The fourth-order valence-electron chi connectivity index (χ4n) is 4.82. The molecule has 4 heterocycles. The second-order valence-electron chi connectivity index (χ2n) is 8.91. The van der Waals surface area contributed by atoms with Crippen molar-refractivity contribution >= 4 is 33.2 Å². The van der Waals surface area contributed by atoms with Crippen molar-refractivity contribution in [1.29, 1.82) is 0 Å². The number of nitrogens with one attached hydrogen (secondary N) is 1. The van der Waals surface area contributed by atoms with E-state index in [2.05, 4.69) is 10.5 Å². The average Bonchev–Trinajstić information content (AvgIpc) is 3.59. The largest absolute Gasteiger partial charge is 0.472 e. The first kappa shape index (κ1) is 23.3. The van der Waals surface area contributed by atoms with Gasteiger partial charge in [-0.25, -0.2) is 8.42 Å². The Balaban J connectivity index is 1.28. The second-order valence-corrected chi connectivity index (χ2v) is 10.8. The number of sulfonamides is 1. The Hall–Kier alpha value is -3.44. The van der Waals surface area contributed by atoms with Crippen LogP contribution in [0, 0.1) is 19.8 Å². The van der Waals surface area contributed by atoms with Crippen molar-refractivity contribution in [3.05, 3.63) is 59.4 Å². The molecule has 0 saturated carbocycles. The summed E-state index contributed by atoms with van der Waals surface area (Å²) in [5.74, 6) is -0.594. The molecule has 1 N–H and O–H groups in total. The number of piperidine rings is 1. The summed E-state index contributed by atoms with van der Waals surface area (Å²) in [6.45, 7) is 4.15. The first-order valence-corrected chi connectivity index (χ1v) is 12.9. The summed E-state index contributed by atoms with van der Waals surface area (Å²) in [6, 6.07) is 7.09. The molecule has 0 aliphatic carbocycles. The van der Waals surface area contributed by atoms with Gasteiger partial charge in [-0.2, -0.15) is 4.31 Å². The van der Waals surface area contributed by atoms with Gasteiger partial charge in [0.1, 0.15) is 16.9 Å². The summed E-state index contributed by atoms with van der Waals surface area (Å²) in [7, 11) is -3.81. The van der Waals surface area contributed by atoms with Crippen LogP contribution in [-0.2, 0) is 21.2 Å². The minimum absolute atomic E-state index is 0.0756. The zero-order valence-corrected chi connectivity index (χ0v) is 20.3. The molecule has 35 heavy (non-hydrogen) atoms. The van der Waals surface area contributed by atoms with Crippen molar-refractivity contribution in [3.8, 4) is 0 Å². The number of aryl methyl sites for hydroxylation is 2. The van der Waals surface area contributed by atoms with Gasteiger partial charge in [0.2, 0.25) is 15.9 Å². The molecule has 10 nitrogen and oxygen atoms in total. The van der Waals surface area contributed by atoms with E-state index in [0.29, 0.717) is 49.3 Å². The normalized spacial score (nSPS) is 18.5. The number of amides is 2. The molecule has 184 valence electrons.